The van der Waals surface area contributed by atoms with Crippen LogP contribution < -0.4 is 10.3 Å². The van der Waals surface area contributed by atoms with Gasteiger partial charge in [0.15, 0.2) is 5.78 Å². The van der Waals surface area contributed by atoms with Gasteiger partial charge in [0.1, 0.15) is 11.3 Å². The quantitative estimate of drug-likeness (QED) is 0.649. The molecule has 0 spiro atoms. The van der Waals surface area contributed by atoms with Gasteiger partial charge in [0.05, 0.1) is 13.7 Å². The Morgan fingerprint density at radius 1 is 1.08 bits per heavy atom. The Kier molecular flexibility index (Phi) is 5.52. The SMILES string of the molecule is CCOC(=O)c1cc(C(=O)c2ccc(OC)cc2)c(CC)[nH]c1=O. The molecule has 0 saturated heterocycles. The zero-order valence-electron chi connectivity index (χ0n) is 13.8. The molecule has 1 aromatic heterocycles. The van der Waals surface area contributed by atoms with Crippen LogP contribution >= 0.6 is 0 Å². The largest absolute Gasteiger partial charge is 0.497 e. The highest BCUT2D eigenvalue weighted by atomic mass is 16.5. The molecule has 0 radical (unpaired) electrons. The molecule has 1 heterocycles. The molecule has 0 fully saturated rings. The minimum absolute atomic E-state index is 0.148. The van der Waals surface area contributed by atoms with Gasteiger partial charge in [-0.1, -0.05) is 6.92 Å². The van der Waals surface area contributed by atoms with Crippen LogP contribution in [0.15, 0.2) is 35.1 Å². The molecule has 0 aliphatic carbocycles. The van der Waals surface area contributed by atoms with Crippen LogP contribution in [0.25, 0.3) is 0 Å². The Hall–Kier alpha value is -2.89. The summed E-state index contributed by atoms with van der Waals surface area (Å²) in [5, 5.41) is 0. The number of ketones is 1. The summed E-state index contributed by atoms with van der Waals surface area (Å²) in [7, 11) is 1.54. The van der Waals surface area contributed by atoms with E-state index in [0.29, 0.717) is 23.4 Å². The van der Waals surface area contributed by atoms with Crippen molar-refractivity contribution in [3.05, 3.63) is 63.1 Å². The third-order valence-electron chi connectivity index (χ3n) is 3.57. The summed E-state index contributed by atoms with van der Waals surface area (Å²) in [5.41, 5.74) is 0.467. The fourth-order valence-electron chi connectivity index (χ4n) is 2.31. The molecular formula is C18H19NO5. The number of carbonyl (C=O) groups is 2. The molecule has 0 amide bonds. The molecule has 24 heavy (non-hydrogen) atoms. The van der Waals surface area contributed by atoms with Gasteiger partial charge in [0.2, 0.25) is 0 Å². The second-order valence-electron chi connectivity index (χ2n) is 5.04. The number of aromatic amines is 1. The number of H-pyrrole nitrogens is 1. The van der Waals surface area contributed by atoms with E-state index in [1.807, 2.05) is 6.92 Å². The topological polar surface area (TPSA) is 85.5 Å². The van der Waals surface area contributed by atoms with Crippen molar-refractivity contribution in [2.75, 3.05) is 13.7 Å². The van der Waals surface area contributed by atoms with Crippen LogP contribution in [0.3, 0.4) is 0 Å². The summed E-state index contributed by atoms with van der Waals surface area (Å²) in [4.78, 5) is 39.3. The predicted molar refractivity (Wildman–Crippen MR) is 88.8 cm³/mol. The Morgan fingerprint density at radius 3 is 2.29 bits per heavy atom. The van der Waals surface area contributed by atoms with Crippen molar-refractivity contribution in [2.24, 2.45) is 0 Å². The number of aromatic nitrogens is 1. The number of pyridine rings is 1. The lowest BCUT2D eigenvalue weighted by molar-refractivity contribution is 0.0524. The molecule has 6 nitrogen and oxygen atoms in total. The van der Waals surface area contributed by atoms with Crippen LogP contribution in [0.1, 0.15) is 45.8 Å². The van der Waals surface area contributed by atoms with E-state index in [1.54, 1.807) is 38.3 Å². The molecule has 0 unspecified atom stereocenters. The molecule has 0 aliphatic rings. The van der Waals surface area contributed by atoms with Crippen LogP contribution in [-0.2, 0) is 11.2 Å². The second kappa shape index (κ2) is 7.59. The lowest BCUT2D eigenvalue weighted by atomic mass is 9.99. The third-order valence-corrected chi connectivity index (χ3v) is 3.57. The third kappa shape index (κ3) is 3.53. The first kappa shape index (κ1) is 17.5. The van der Waals surface area contributed by atoms with Crippen molar-refractivity contribution in [2.45, 2.75) is 20.3 Å². The Bertz CT molecular complexity index is 805. The zero-order valence-corrected chi connectivity index (χ0v) is 13.8. The Labute approximate surface area is 139 Å². The van der Waals surface area contributed by atoms with Gasteiger partial charge in [-0.3, -0.25) is 9.59 Å². The van der Waals surface area contributed by atoms with Crippen molar-refractivity contribution >= 4 is 11.8 Å². The summed E-state index contributed by atoms with van der Waals surface area (Å²) in [5.74, 6) is -0.391. The average molecular weight is 329 g/mol. The van der Waals surface area contributed by atoms with E-state index >= 15 is 0 Å². The second-order valence-corrected chi connectivity index (χ2v) is 5.04. The van der Waals surface area contributed by atoms with Crippen LogP contribution in [0.5, 0.6) is 5.75 Å². The highest BCUT2D eigenvalue weighted by Gasteiger charge is 2.20. The summed E-state index contributed by atoms with van der Waals surface area (Å²) in [6, 6.07) is 7.93. The lowest BCUT2D eigenvalue weighted by Gasteiger charge is -2.10. The fourth-order valence-corrected chi connectivity index (χ4v) is 2.31. The van der Waals surface area contributed by atoms with Crippen molar-refractivity contribution in [1.29, 1.82) is 0 Å². The first-order chi connectivity index (χ1) is 11.5. The van der Waals surface area contributed by atoms with E-state index in [2.05, 4.69) is 4.98 Å². The number of nitrogens with one attached hydrogen (secondary N) is 1. The normalized spacial score (nSPS) is 10.3. The van der Waals surface area contributed by atoms with Gasteiger partial charge in [-0.2, -0.15) is 0 Å². The molecule has 1 N–H and O–H groups in total. The van der Waals surface area contributed by atoms with Crippen LogP contribution in [-0.4, -0.2) is 30.5 Å². The van der Waals surface area contributed by atoms with Crippen molar-refractivity contribution in [3.8, 4) is 5.75 Å². The minimum Gasteiger partial charge on any atom is -0.497 e. The average Bonchev–Trinajstić information content (AvgIpc) is 2.61. The first-order valence-electron chi connectivity index (χ1n) is 7.63. The van der Waals surface area contributed by atoms with Gasteiger partial charge in [-0.05, 0) is 43.7 Å². The Balaban J connectivity index is 2.50. The van der Waals surface area contributed by atoms with E-state index in [9.17, 15) is 14.4 Å². The van der Waals surface area contributed by atoms with Gasteiger partial charge in [0.25, 0.3) is 5.56 Å². The number of benzene rings is 1. The van der Waals surface area contributed by atoms with E-state index in [4.69, 9.17) is 9.47 Å². The van der Waals surface area contributed by atoms with Gasteiger partial charge in [-0.15, -0.1) is 0 Å². The number of ether oxygens (including phenoxy) is 2. The van der Waals surface area contributed by atoms with Crippen LogP contribution in [0.4, 0.5) is 0 Å². The summed E-state index contributed by atoms with van der Waals surface area (Å²) < 4.78 is 9.94. The number of hydrogen-bond acceptors (Lipinski definition) is 5. The number of hydrogen-bond donors (Lipinski definition) is 1. The smallest absolute Gasteiger partial charge is 0.343 e. The number of esters is 1. The van der Waals surface area contributed by atoms with E-state index in [0.717, 1.165) is 0 Å². The molecule has 2 aromatic rings. The molecule has 0 bridgehead atoms. The maximum Gasteiger partial charge on any atom is 0.343 e. The predicted octanol–water partition coefficient (Wildman–Crippen LogP) is 2.35. The maximum absolute atomic E-state index is 12.8. The van der Waals surface area contributed by atoms with Gasteiger partial charge in [0, 0.05) is 16.8 Å². The number of rotatable bonds is 6. The van der Waals surface area contributed by atoms with Crippen molar-refractivity contribution < 1.29 is 19.1 Å². The maximum atomic E-state index is 12.8. The summed E-state index contributed by atoms with van der Waals surface area (Å²) in [6.07, 6.45) is 0.454. The minimum atomic E-state index is -0.745. The van der Waals surface area contributed by atoms with Gasteiger partial charge >= 0.3 is 5.97 Å². The molecular weight excluding hydrogens is 310 g/mol. The molecule has 0 atom stereocenters. The fraction of sp³-hybridized carbons (Fsp3) is 0.278. The van der Waals surface area contributed by atoms with E-state index < -0.39 is 11.5 Å². The molecule has 2 rings (SSSR count). The zero-order chi connectivity index (χ0) is 17.7. The highest BCUT2D eigenvalue weighted by Crippen LogP contribution is 2.17. The molecule has 0 aliphatic heterocycles. The number of methoxy groups -OCH3 is 1. The van der Waals surface area contributed by atoms with E-state index in [1.165, 1.54) is 6.07 Å². The summed E-state index contributed by atoms with van der Waals surface area (Å²) >= 11 is 0. The first-order valence-corrected chi connectivity index (χ1v) is 7.63. The van der Waals surface area contributed by atoms with Crippen LogP contribution in [0, 0.1) is 0 Å². The number of aryl methyl sites for hydroxylation is 1. The van der Waals surface area contributed by atoms with Gasteiger partial charge < -0.3 is 14.5 Å². The standard InChI is InChI=1S/C18H19NO5/c1-4-15-13(10-14(17(21)19-15)18(22)24-5-2)16(20)11-6-8-12(23-3)9-7-11/h6-10H,4-5H2,1-3H3,(H,19,21). The van der Waals surface area contributed by atoms with E-state index in [-0.39, 0.29) is 23.5 Å². The lowest BCUT2D eigenvalue weighted by Crippen LogP contribution is -2.23. The molecule has 0 saturated carbocycles. The molecule has 6 heteroatoms. The highest BCUT2D eigenvalue weighted by molar-refractivity contribution is 6.10. The van der Waals surface area contributed by atoms with Gasteiger partial charge in [-0.25, -0.2) is 4.79 Å². The summed E-state index contributed by atoms with van der Waals surface area (Å²) in [6.45, 7) is 3.62. The van der Waals surface area contributed by atoms with Crippen molar-refractivity contribution in [3.63, 3.8) is 0 Å². The monoisotopic (exact) mass is 329 g/mol. The van der Waals surface area contributed by atoms with Crippen LogP contribution in [0.2, 0.25) is 0 Å². The molecule has 126 valence electrons. The number of carbonyl (C=O) groups excluding carboxylic acids is 2. The Morgan fingerprint density at radius 2 is 1.75 bits per heavy atom. The molecule has 1 aromatic carbocycles. The van der Waals surface area contributed by atoms with Crippen molar-refractivity contribution in [1.82, 2.24) is 4.98 Å².